The molecule has 2 heteroatoms. The van der Waals surface area contributed by atoms with E-state index < -0.39 is 0 Å². The molecule has 1 aliphatic carbocycles. The predicted molar refractivity (Wildman–Crippen MR) is 49.3 cm³/mol. The highest BCUT2D eigenvalue weighted by molar-refractivity contribution is 4.76. The Bertz CT molecular complexity index is 96.4. The van der Waals surface area contributed by atoms with Gasteiger partial charge in [0, 0.05) is 13.2 Å². The minimum atomic E-state index is 0.365. The lowest BCUT2D eigenvalue weighted by Gasteiger charge is -2.30. The maximum absolute atomic E-state index is 5.62. The van der Waals surface area contributed by atoms with Crippen LogP contribution in [0.4, 0.5) is 0 Å². The molecule has 72 valence electrons. The van der Waals surface area contributed by atoms with Crippen molar-refractivity contribution in [2.75, 3.05) is 13.2 Å². The normalized spacial score (nSPS) is 30.5. The first-order valence-electron chi connectivity index (χ1n) is 5.11. The Hall–Kier alpha value is -0.0800. The van der Waals surface area contributed by atoms with Gasteiger partial charge in [-0.05, 0) is 26.7 Å². The summed E-state index contributed by atoms with van der Waals surface area (Å²) < 4.78 is 11.2. The molecular weight excluding hydrogens is 152 g/mol. The molecule has 0 aromatic heterocycles. The van der Waals surface area contributed by atoms with Gasteiger partial charge in [-0.2, -0.15) is 0 Å². The number of hydrogen-bond acceptors (Lipinski definition) is 2. The Kier molecular flexibility index (Phi) is 4.62. The van der Waals surface area contributed by atoms with E-state index >= 15 is 0 Å². The Balaban J connectivity index is 2.31. The molecular formula is C10H20O2. The van der Waals surface area contributed by atoms with Gasteiger partial charge >= 0.3 is 0 Å². The maximum atomic E-state index is 5.62. The Morgan fingerprint density at radius 2 is 1.33 bits per heavy atom. The summed E-state index contributed by atoms with van der Waals surface area (Å²) in [6, 6.07) is 0. The van der Waals surface area contributed by atoms with Crippen LogP contribution in [0.25, 0.3) is 0 Å². The second kappa shape index (κ2) is 5.55. The van der Waals surface area contributed by atoms with Crippen molar-refractivity contribution in [3.05, 3.63) is 0 Å². The lowest BCUT2D eigenvalue weighted by atomic mass is 9.94. The van der Waals surface area contributed by atoms with E-state index in [0.29, 0.717) is 12.2 Å². The van der Waals surface area contributed by atoms with Crippen molar-refractivity contribution >= 4 is 0 Å². The van der Waals surface area contributed by atoms with Gasteiger partial charge < -0.3 is 9.47 Å². The summed E-state index contributed by atoms with van der Waals surface area (Å²) in [7, 11) is 0. The average molecular weight is 172 g/mol. The topological polar surface area (TPSA) is 18.5 Å². The van der Waals surface area contributed by atoms with Gasteiger partial charge in [0.2, 0.25) is 0 Å². The monoisotopic (exact) mass is 172 g/mol. The minimum absolute atomic E-state index is 0.365. The van der Waals surface area contributed by atoms with E-state index in [1.165, 1.54) is 25.7 Å². The Morgan fingerprint density at radius 3 is 1.67 bits per heavy atom. The minimum Gasteiger partial charge on any atom is -0.376 e. The highest BCUT2D eigenvalue weighted by Crippen LogP contribution is 2.23. The van der Waals surface area contributed by atoms with Crippen LogP contribution in [0.5, 0.6) is 0 Å². The summed E-state index contributed by atoms with van der Waals surface area (Å²) in [5.41, 5.74) is 0. The summed E-state index contributed by atoms with van der Waals surface area (Å²) >= 11 is 0. The predicted octanol–water partition coefficient (Wildman–Crippen LogP) is 2.37. The zero-order valence-electron chi connectivity index (χ0n) is 8.21. The molecule has 0 aromatic rings. The lowest BCUT2D eigenvalue weighted by Crippen LogP contribution is -2.34. The molecule has 0 bridgehead atoms. The fourth-order valence-corrected chi connectivity index (χ4v) is 1.87. The van der Waals surface area contributed by atoms with Crippen molar-refractivity contribution in [1.82, 2.24) is 0 Å². The summed E-state index contributed by atoms with van der Waals surface area (Å²) in [5.74, 6) is 0. The zero-order valence-corrected chi connectivity index (χ0v) is 8.21. The molecule has 2 nitrogen and oxygen atoms in total. The fourth-order valence-electron chi connectivity index (χ4n) is 1.87. The van der Waals surface area contributed by atoms with E-state index in [4.69, 9.17) is 9.47 Å². The number of rotatable bonds is 4. The molecule has 0 aromatic carbocycles. The Morgan fingerprint density at radius 1 is 0.917 bits per heavy atom. The van der Waals surface area contributed by atoms with Gasteiger partial charge in [-0.15, -0.1) is 0 Å². The van der Waals surface area contributed by atoms with Crippen LogP contribution in [0.1, 0.15) is 39.5 Å². The van der Waals surface area contributed by atoms with Gasteiger partial charge in [0.15, 0.2) is 0 Å². The van der Waals surface area contributed by atoms with Gasteiger partial charge in [0.05, 0.1) is 12.2 Å². The number of hydrogen-bond donors (Lipinski definition) is 0. The van der Waals surface area contributed by atoms with Gasteiger partial charge in [-0.1, -0.05) is 12.8 Å². The lowest BCUT2D eigenvalue weighted by molar-refractivity contribution is -0.0860. The largest absolute Gasteiger partial charge is 0.376 e. The average Bonchev–Trinajstić information content (AvgIpc) is 2.09. The molecule has 2 atom stereocenters. The summed E-state index contributed by atoms with van der Waals surface area (Å²) in [4.78, 5) is 0. The highest BCUT2D eigenvalue weighted by Gasteiger charge is 2.25. The van der Waals surface area contributed by atoms with Crippen molar-refractivity contribution < 1.29 is 9.47 Å². The molecule has 0 N–H and O–H groups in total. The molecule has 1 rings (SSSR count). The molecule has 1 fully saturated rings. The third kappa shape index (κ3) is 2.76. The third-order valence-electron chi connectivity index (χ3n) is 2.40. The van der Waals surface area contributed by atoms with E-state index in [1.54, 1.807) is 0 Å². The van der Waals surface area contributed by atoms with Crippen molar-refractivity contribution in [2.45, 2.75) is 51.7 Å². The molecule has 0 radical (unpaired) electrons. The van der Waals surface area contributed by atoms with Gasteiger partial charge in [0.25, 0.3) is 0 Å². The molecule has 0 aliphatic heterocycles. The van der Waals surface area contributed by atoms with E-state index in [-0.39, 0.29) is 0 Å². The molecule has 0 unspecified atom stereocenters. The summed E-state index contributed by atoms with van der Waals surface area (Å²) in [6.07, 6.45) is 5.69. The molecule has 0 heterocycles. The van der Waals surface area contributed by atoms with Crippen LogP contribution < -0.4 is 0 Å². The number of ether oxygens (including phenoxy) is 2. The smallest absolute Gasteiger partial charge is 0.0836 e. The molecule has 0 saturated heterocycles. The first-order valence-corrected chi connectivity index (χ1v) is 5.11. The van der Waals surface area contributed by atoms with Crippen LogP contribution in [-0.2, 0) is 9.47 Å². The van der Waals surface area contributed by atoms with Gasteiger partial charge in [0.1, 0.15) is 0 Å². The van der Waals surface area contributed by atoms with Crippen LogP contribution in [-0.4, -0.2) is 25.4 Å². The van der Waals surface area contributed by atoms with Crippen molar-refractivity contribution in [1.29, 1.82) is 0 Å². The summed E-state index contributed by atoms with van der Waals surface area (Å²) in [5, 5.41) is 0. The molecule has 0 spiro atoms. The van der Waals surface area contributed by atoms with Crippen molar-refractivity contribution in [3.8, 4) is 0 Å². The second-order valence-corrected chi connectivity index (χ2v) is 3.27. The van der Waals surface area contributed by atoms with Gasteiger partial charge in [-0.3, -0.25) is 0 Å². The van der Waals surface area contributed by atoms with E-state index in [9.17, 15) is 0 Å². The van der Waals surface area contributed by atoms with Crippen LogP contribution in [0.15, 0.2) is 0 Å². The SMILES string of the molecule is CCO[C@H]1CCCC[C@@H]1OCC. The van der Waals surface area contributed by atoms with E-state index in [1.807, 2.05) is 0 Å². The fraction of sp³-hybridized carbons (Fsp3) is 1.00. The quantitative estimate of drug-likeness (QED) is 0.648. The van der Waals surface area contributed by atoms with Crippen LogP contribution in [0.3, 0.4) is 0 Å². The summed E-state index contributed by atoms with van der Waals surface area (Å²) in [6.45, 7) is 5.73. The highest BCUT2D eigenvalue weighted by atomic mass is 16.5. The molecule has 1 saturated carbocycles. The first kappa shape index (κ1) is 10.0. The van der Waals surface area contributed by atoms with E-state index in [0.717, 1.165) is 13.2 Å². The Labute approximate surface area is 75.2 Å². The van der Waals surface area contributed by atoms with Crippen molar-refractivity contribution in [2.24, 2.45) is 0 Å². The van der Waals surface area contributed by atoms with Crippen molar-refractivity contribution in [3.63, 3.8) is 0 Å². The standard InChI is InChI=1S/C10H20O2/c1-3-11-9-7-5-6-8-10(9)12-4-2/h9-10H,3-8H2,1-2H3/t9-,10-/m0/s1. The third-order valence-corrected chi connectivity index (χ3v) is 2.40. The van der Waals surface area contributed by atoms with Crippen LogP contribution >= 0.6 is 0 Å². The maximum Gasteiger partial charge on any atom is 0.0836 e. The molecule has 1 aliphatic rings. The zero-order chi connectivity index (χ0) is 8.81. The first-order chi connectivity index (χ1) is 5.88. The van der Waals surface area contributed by atoms with Crippen LogP contribution in [0.2, 0.25) is 0 Å². The van der Waals surface area contributed by atoms with Gasteiger partial charge in [-0.25, -0.2) is 0 Å². The van der Waals surface area contributed by atoms with E-state index in [2.05, 4.69) is 13.8 Å². The second-order valence-electron chi connectivity index (χ2n) is 3.27. The van der Waals surface area contributed by atoms with Crippen LogP contribution in [0, 0.1) is 0 Å². The molecule has 12 heavy (non-hydrogen) atoms. The molecule has 0 amide bonds.